The Labute approximate surface area is 89.6 Å². The first-order valence-corrected chi connectivity index (χ1v) is 5.96. The van der Waals surface area contributed by atoms with E-state index in [0.717, 1.165) is 43.7 Å². The molecular weight excluding hydrogens is 209 g/mol. The Bertz CT molecular complexity index is 153. The summed E-state index contributed by atoms with van der Waals surface area (Å²) in [6.07, 6.45) is 3.25. The number of thioether (sulfide) groups is 1. The Morgan fingerprint density at radius 3 is 2.62 bits per heavy atom. The average Bonchev–Trinajstić information content (AvgIpc) is 2.12. The Balaban J connectivity index is 0.000000845. The summed E-state index contributed by atoms with van der Waals surface area (Å²) in [4.78, 5) is 0. The lowest BCUT2D eigenvalue weighted by Crippen LogP contribution is -2.58. The van der Waals surface area contributed by atoms with E-state index in [1.807, 2.05) is 11.8 Å². The van der Waals surface area contributed by atoms with Crippen molar-refractivity contribution in [1.29, 1.82) is 0 Å². The van der Waals surface area contributed by atoms with Crippen molar-refractivity contribution in [2.45, 2.75) is 37.4 Å². The molecule has 1 N–H and O–H groups in total. The zero-order valence-electron chi connectivity index (χ0n) is 7.72. The van der Waals surface area contributed by atoms with Gasteiger partial charge in [0.25, 0.3) is 0 Å². The minimum Gasteiger partial charge on any atom is -0.309 e. The van der Waals surface area contributed by atoms with E-state index in [2.05, 4.69) is 5.32 Å². The Hall–Kier alpha value is 0.530. The average molecular weight is 226 g/mol. The van der Waals surface area contributed by atoms with Crippen molar-refractivity contribution in [2.75, 3.05) is 18.1 Å². The number of hydrogen-bond acceptors (Lipinski definition) is 2. The van der Waals surface area contributed by atoms with Crippen LogP contribution >= 0.6 is 24.2 Å². The highest BCUT2D eigenvalue weighted by Gasteiger charge is 2.41. The van der Waals surface area contributed by atoms with E-state index in [4.69, 9.17) is 0 Å². The van der Waals surface area contributed by atoms with Crippen molar-refractivity contribution in [2.24, 2.45) is 0 Å². The molecule has 2 fully saturated rings. The highest BCUT2D eigenvalue weighted by atomic mass is 35.5. The third-order valence-electron chi connectivity index (χ3n) is 3.10. The zero-order valence-corrected chi connectivity index (χ0v) is 9.35. The maximum Gasteiger partial charge on any atom is 0.118 e. The molecule has 13 heavy (non-hydrogen) atoms. The molecule has 0 bridgehead atoms. The van der Waals surface area contributed by atoms with Gasteiger partial charge < -0.3 is 5.32 Å². The van der Waals surface area contributed by atoms with Crippen LogP contribution in [0.4, 0.5) is 4.39 Å². The molecule has 2 aliphatic rings. The summed E-state index contributed by atoms with van der Waals surface area (Å²) in [5.74, 6) is 2.26. The molecule has 4 heteroatoms. The van der Waals surface area contributed by atoms with Gasteiger partial charge in [0.15, 0.2) is 0 Å². The minimum atomic E-state index is -0.591. The molecule has 2 saturated heterocycles. The lowest BCUT2D eigenvalue weighted by atomic mass is 9.82. The van der Waals surface area contributed by atoms with Gasteiger partial charge in [0, 0.05) is 0 Å². The number of rotatable bonds is 0. The fourth-order valence-electron chi connectivity index (χ4n) is 2.23. The van der Waals surface area contributed by atoms with Crippen LogP contribution in [0.2, 0.25) is 0 Å². The third kappa shape index (κ3) is 2.31. The number of hydrogen-bond donors (Lipinski definition) is 1. The molecule has 78 valence electrons. The molecule has 2 aliphatic heterocycles. The van der Waals surface area contributed by atoms with E-state index >= 15 is 0 Å². The second kappa shape index (κ2) is 4.85. The van der Waals surface area contributed by atoms with Gasteiger partial charge in [-0.15, -0.1) is 12.4 Å². The number of halogens is 2. The van der Waals surface area contributed by atoms with Crippen LogP contribution < -0.4 is 5.32 Å². The van der Waals surface area contributed by atoms with Crippen molar-refractivity contribution in [3.8, 4) is 0 Å². The second-order valence-electron chi connectivity index (χ2n) is 3.81. The Morgan fingerprint density at radius 1 is 1.31 bits per heavy atom. The second-order valence-corrected chi connectivity index (χ2v) is 5.03. The molecule has 2 heterocycles. The first kappa shape index (κ1) is 11.6. The quantitative estimate of drug-likeness (QED) is 0.680. The summed E-state index contributed by atoms with van der Waals surface area (Å²) in [5.41, 5.74) is -0.122. The SMILES string of the molecule is Cl.FC1CCCNC12CCSCC2. The van der Waals surface area contributed by atoms with Gasteiger partial charge >= 0.3 is 0 Å². The smallest absolute Gasteiger partial charge is 0.118 e. The number of alkyl halides is 1. The summed E-state index contributed by atoms with van der Waals surface area (Å²) in [6.45, 7) is 1.02. The highest BCUT2D eigenvalue weighted by Crippen LogP contribution is 2.35. The number of piperidine rings is 1. The summed E-state index contributed by atoms with van der Waals surface area (Å²) in [5, 5.41) is 3.40. The van der Waals surface area contributed by atoms with Gasteiger partial charge in [0.1, 0.15) is 6.17 Å². The first-order chi connectivity index (χ1) is 5.83. The van der Waals surface area contributed by atoms with E-state index in [1.165, 1.54) is 0 Å². The maximum atomic E-state index is 13.7. The fraction of sp³-hybridized carbons (Fsp3) is 1.00. The fourth-order valence-corrected chi connectivity index (χ4v) is 3.45. The molecule has 0 aromatic carbocycles. The summed E-state index contributed by atoms with van der Waals surface area (Å²) >= 11 is 1.96. The predicted molar refractivity (Wildman–Crippen MR) is 58.7 cm³/mol. The maximum absolute atomic E-state index is 13.7. The van der Waals surface area contributed by atoms with Gasteiger partial charge in [0.2, 0.25) is 0 Å². The predicted octanol–water partition coefficient (Wildman–Crippen LogP) is 2.40. The third-order valence-corrected chi connectivity index (χ3v) is 4.08. The molecule has 1 atom stereocenters. The summed E-state index contributed by atoms with van der Waals surface area (Å²) in [7, 11) is 0. The van der Waals surface area contributed by atoms with E-state index in [1.54, 1.807) is 0 Å². The van der Waals surface area contributed by atoms with Gasteiger partial charge in [0.05, 0.1) is 5.54 Å². The Kier molecular flexibility index (Phi) is 4.33. The van der Waals surface area contributed by atoms with Crippen molar-refractivity contribution in [3.63, 3.8) is 0 Å². The summed E-state index contributed by atoms with van der Waals surface area (Å²) in [6, 6.07) is 0. The zero-order chi connectivity index (χ0) is 8.44. The molecule has 0 radical (unpaired) electrons. The van der Waals surface area contributed by atoms with Crippen molar-refractivity contribution >= 4 is 24.2 Å². The van der Waals surface area contributed by atoms with Gasteiger partial charge in [-0.3, -0.25) is 0 Å². The normalized spacial score (nSPS) is 32.5. The molecule has 0 aromatic rings. The van der Waals surface area contributed by atoms with Crippen LogP contribution in [-0.2, 0) is 0 Å². The van der Waals surface area contributed by atoms with Crippen LogP contribution in [0.15, 0.2) is 0 Å². The molecule has 0 aromatic heterocycles. The van der Waals surface area contributed by atoms with Crippen molar-refractivity contribution in [1.82, 2.24) is 5.32 Å². The van der Waals surface area contributed by atoms with Crippen LogP contribution in [0.3, 0.4) is 0 Å². The van der Waals surface area contributed by atoms with Crippen LogP contribution in [0.25, 0.3) is 0 Å². The van der Waals surface area contributed by atoms with Gasteiger partial charge in [-0.1, -0.05) is 0 Å². The van der Waals surface area contributed by atoms with Crippen LogP contribution in [-0.4, -0.2) is 29.8 Å². The first-order valence-electron chi connectivity index (χ1n) is 4.80. The molecule has 1 spiro atoms. The molecule has 0 aliphatic carbocycles. The van der Waals surface area contributed by atoms with Crippen LogP contribution in [0.1, 0.15) is 25.7 Å². The topological polar surface area (TPSA) is 12.0 Å². The molecule has 0 saturated carbocycles. The van der Waals surface area contributed by atoms with E-state index < -0.39 is 6.17 Å². The molecule has 0 amide bonds. The van der Waals surface area contributed by atoms with Crippen LogP contribution in [0, 0.1) is 0 Å². The van der Waals surface area contributed by atoms with Gasteiger partial charge in [-0.05, 0) is 43.7 Å². The van der Waals surface area contributed by atoms with Crippen LogP contribution in [0.5, 0.6) is 0 Å². The standard InChI is InChI=1S/C9H16FNS.ClH/c10-8-2-1-5-11-9(8)3-6-12-7-4-9;/h8,11H,1-7H2;1H. The van der Waals surface area contributed by atoms with E-state index in [-0.39, 0.29) is 17.9 Å². The summed E-state index contributed by atoms with van der Waals surface area (Å²) < 4.78 is 13.7. The van der Waals surface area contributed by atoms with Crippen molar-refractivity contribution in [3.05, 3.63) is 0 Å². The lowest BCUT2D eigenvalue weighted by Gasteiger charge is -2.43. The molecule has 1 nitrogen and oxygen atoms in total. The Morgan fingerprint density at radius 2 is 2.00 bits per heavy atom. The van der Waals surface area contributed by atoms with E-state index in [0.29, 0.717) is 0 Å². The lowest BCUT2D eigenvalue weighted by molar-refractivity contribution is 0.0983. The largest absolute Gasteiger partial charge is 0.309 e. The van der Waals surface area contributed by atoms with Gasteiger partial charge in [-0.2, -0.15) is 11.8 Å². The minimum absolute atomic E-state index is 0. The van der Waals surface area contributed by atoms with E-state index in [9.17, 15) is 4.39 Å². The van der Waals surface area contributed by atoms with Crippen molar-refractivity contribution < 1.29 is 4.39 Å². The molecular formula is C9H17ClFNS. The number of nitrogens with one attached hydrogen (secondary N) is 1. The highest BCUT2D eigenvalue weighted by molar-refractivity contribution is 7.99. The van der Waals surface area contributed by atoms with Gasteiger partial charge in [-0.25, -0.2) is 4.39 Å². The molecule has 2 rings (SSSR count). The molecule has 1 unspecified atom stereocenters. The monoisotopic (exact) mass is 225 g/mol.